The van der Waals surface area contributed by atoms with E-state index in [1.54, 1.807) is 0 Å². The minimum atomic E-state index is -3.71. The summed E-state index contributed by atoms with van der Waals surface area (Å²) in [5.74, 6) is -0.308. The van der Waals surface area contributed by atoms with Gasteiger partial charge in [0.25, 0.3) is 0 Å². The van der Waals surface area contributed by atoms with Crippen LogP contribution in [0.15, 0.2) is 4.52 Å². The summed E-state index contributed by atoms with van der Waals surface area (Å²) in [6, 6.07) is -0.721. The van der Waals surface area contributed by atoms with Gasteiger partial charge in [-0.2, -0.15) is 0 Å². The van der Waals surface area contributed by atoms with Crippen molar-refractivity contribution in [2.75, 3.05) is 12.3 Å². The number of carbonyl (C=O) groups excluding carboxylic acids is 1. The van der Waals surface area contributed by atoms with Crippen LogP contribution in [0.1, 0.15) is 6.42 Å². The van der Waals surface area contributed by atoms with Crippen LogP contribution < -0.4 is 11.1 Å². The van der Waals surface area contributed by atoms with Gasteiger partial charge in [-0.3, -0.25) is 0 Å². The third-order valence-electron chi connectivity index (χ3n) is 1.04. The third-order valence-corrected chi connectivity index (χ3v) is 2.17. The monoisotopic (exact) mass is 207 g/mol. The average Bonchev–Trinajstić information content (AvgIpc) is 1.98. The zero-order chi connectivity index (χ0) is 10.3. The molecular formula is C4H9N5O3S. The number of amides is 2. The lowest BCUT2D eigenvalue weighted by Crippen LogP contribution is -2.30. The van der Waals surface area contributed by atoms with Crippen LogP contribution in [0, 0.1) is 0 Å². The highest BCUT2D eigenvalue weighted by Crippen LogP contribution is 1.94. The summed E-state index contributed by atoms with van der Waals surface area (Å²) in [6.07, 6.45) is 0.157. The Morgan fingerprint density at radius 1 is 1.62 bits per heavy atom. The van der Waals surface area contributed by atoms with Crippen molar-refractivity contribution < 1.29 is 13.2 Å². The van der Waals surface area contributed by atoms with Crippen molar-refractivity contribution in [3.63, 3.8) is 0 Å². The molecule has 0 radical (unpaired) electrons. The second kappa shape index (κ2) is 5.22. The first-order valence-electron chi connectivity index (χ1n) is 3.30. The van der Waals surface area contributed by atoms with E-state index in [0.29, 0.717) is 0 Å². The molecule has 0 aromatic rings. The number of nitrogens with two attached hydrogens (primary N) is 1. The Balaban J connectivity index is 3.77. The molecule has 13 heavy (non-hydrogen) atoms. The smallest absolute Gasteiger partial charge is 0.312 e. The van der Waals surface area contributed by atoms with Gasteiger partial charge in [0.05, 0.1) is 5.75 Å². The fraction of sp³-hybridized carbons (Fsp3) is 0.750. The van der Waals surface area contributed by atoms with Gasteiger partial charge in [-0.25, -0.2) is 13.2 Å². The molecule has 0 saturated heterocycles. The van der Waals surface area contributed by atoms with Gasteiger partial charge in [0.2, 0.25) is 10.0 Å². The first kappa shape index (κ1) is 11.5. The minimum absolute atomic E-state index is 0.134. The van der Waals surface area contributed by atoms with Crippen molar-refractivity contribution in [3.8, 4) is 0 Å². The standard InChI is InChI=1S/C4H9N5O3S/c5-4(10)7-2-1-3-13(11,12)9-8-6/h1-3H2,(H3,5,7,10). The van der Waals surface area contributed by atoms with Gasteiger partial charge >= 0.3 is 6.03 Å². The molecule has 0 aliphatic carbocycles. The van der Waals surface area contributed by atoms with Crippen LogP contribution in [0.5, 0.6) is 0 Å². The molecule has 0 bridgehead atoms. The van der Waals surface area contributed by atoms with E-state index < -0.39 is 16.1 Å². The van der Waals surface area contributed by atoms with E-state index in [9.17, 15) is 13.2 Å². The Morgan fingerprint density at radius 3 is 2.69 bits per heavy atom. The SMILES string of the molecule is [N-]=[N+]=NS(=O)(=O)CCCNC(N)=O. The summed E-state index contributed by atoms with van der Waals surface area (Å²) < 4.78 is 24.0. The Bertz CT molecular complexity index is 317. The molecule has 0 aliphatic heterocycles. The number of rotatable bonds is 5. The number of hydrogen-bond acceptors (Lipinski definition) is 3. The van der Waals surface area contributed by atoms with Crippen molar-refractivity contribution >= 4 is 16.1 Å². The van der Waals surface area contributed by atoms with Crippen molar-refractivity contribution in [2.24, 2.45) is 10.3 Å². The quantitative estimate of drug-likeness (QED) is 0.276. The van der Waals surface area contributed by atoms with Gasteiger partial charge in [-0.15, -0.1) is 0 Å². The molecule has 74 valence electrons. The lowest BCUT2D eigenvalue weighted by Gasteiger charge is -1.99. The van der Waals surface area contributed by atoms with Crippen LogP contribution >= 0.6 is 0 Å². The summed E-state index contributed by atoms with van der Waals surface area (Å²) in [5, 5.41) is 2.20. The van der Waals surface area contributed by atoms with Gasteiger partial charge in [0.15, 0.2) is 0 Å². The maximum Gasteiger partial charge on any atom is 0.312 e. The minimum Gasteiger partial charge on any atom is -0.352 e. The highest BCUT2D eigenvalue weighted by Gasteiger charge is 2.06. The first-order valence-corrected chi connectivity index (χ1v) is 4.91. The molecule has 0 aliphatic rings. The summed E-state index contributed by atoms with van der Waals surface area (Å²) in [4.78, 5) is 12.3. The predicted octanol–water partition coefficient (Wildman–Crippen LogP) is -0.315. The second-order valence-corrected chi connectivity index (χ2v) is 3.84. The summed E-state index contributed by atoms with van der Waals surface area (Å²) in [6.45, 7) is 0.134. The topological polar surface area (TPSA) is 138 Å². The molecule has 0 fully saturated rings. The van der Waals surface area contributed by atoms with E-state index in [-0.39, 0.29) is 18.7 Å². The number of carbonyl (C=O) groups is 1. The molecule has 0 aromatic heterocycles. The molecular weight excluding hydrogens is 198 g/mol. The molecule has 2 amide bonds. The van der Waals surface area contributed by atoms with Crippen LogP contribution in [0.2, 0.25) is 0 Å². The Morgan fingerprint density at radius 2 is 2.23 bits per heavy atom. The Kier molecular flexibility index (Phi) is 4.63. The molecule has 8 nitrogen and oxygen atoms in total. The molecule has 0 spiro atoms. The summed E-state index contributed by atoms with van der Waals surface area (Å²) in [5.41, 5.74) is 12.6. The molecule has 0 unspecified atom stereocenters. The number of nitrogens with one attached hydrogen (secondary N) is 1. The van der Waals surface area contributed by atoms with Gasteiger partial charge in [0.1, 0.15) is 0 Å². The third kappa shape index (κ3) is 6.91. The zero-order valence-electron chi connectivity index (χ0n) is 6.67. The van der Waals surface area contributed by atoms with E-state index >= 15 is 0 Å². The van der Waals surface area contributed by atoms with E-state index in [2.05, 4.69) is 14.7 Å². The Hall–Kier alpha value is -1.47. The zero-order valence-corrected chi connectivity index (χ0v) is 7.49. The summed E-state index contributed by atoms with van der Waals surface area (Å²) >= 11 is 0. The number of primary amides is 1. The number of nitrogens with zero attached hydrogens (tertiary/aromatic N) is 3. The molecule has 9 heteroatoms. The van der Waals surface area contributed by atoms with Crippen LogP contribution in [0.3, 0.4) is 0 Å². The average molecular weight is 207 g/mol. The van der Waals surface area contributed by atoms with Crippen LogP contribution in [-0.2, 0) is 10.0 Å². The second-order valence-electron chi connectivity index (χ2n) is 2.10. The highest BCUT2D eigenvalue weighted by atomic mass is 32.2. The van der Waals surface area contributed by atoms with E-state index in [1.165, 1.54) is 0 Å². The first-order chi connectivity index (χ1) is 5.98. The number of urea groups is 1. The number of azide groups is 1. The van der Waals surface area contributed by atoms with Crippen LogP contribution in [0.4, 0.5) is 4.79 Å². The Labute approximate surface area is 74.8 Å². The highest BCUT2D eigenvalue weighted by molar-refractivity contribution is 7.89. The fourth-order valence-electron chi connectivity index (χ4n) is 0.563. The normalized spacial score (nSPS) is 10.2. The van der Waals surface area contributed by atoms with E-state index in [0.717, 1.165) is 0 Å². The molecule has 0 rings (SSSR count). The van der Waals surface area contributed by atoms with Crippen molar-refractivity contribution in [3.05, 3.63) is 10.4 Å². The van der Waals surface area contributed by atoms with E-state index in [4.69, 9.17) is 11.3 Å². The predicted molar refractivity (Wildman–Crippen MR) is 45.1 cm³/mol. The maximum absolute atomic E-state index is 10.7. The van der Waals surface area contributed by atoms with Gasteiger partial charge in [-0.05, 0) is 12.0 Å². The largest absolute Gasteiger partial charge is 0.352 e. The van der Waals surface area contributed by atoms with Gasteiger partial charge in [-0.1, -0.05) is 0 Å². The van der Waals surface area contributed by atoms with Crippen molar-refractivity contribution in [1.82, 2.24) is 5.32 Å². The van der Waals surface area contributed by atoms with Crippen molar-refractivity contribution in [1.29, 1.82) is 0 Å². The van der Waals surface area contributed by atoms with E-state index in [1.807, 2.05) is 0 Å². The fourth-order valence-corrected chi connectivity index (χ4v) is 1.26. The molecule has 3 N–H and O–H groups in total. The van der Waals surface area contributed by atoms with Crippen LogP contribution in [0.25, 0.3) is 10.4 Å². The van der Waals surface area contributed by atoms with Crippen molar-refractivity contribution in [2.45, 2.75) is 6.42 Å². The van der Waals surface area contributed by atoms with Gasteiger partial charge < -0.3 is 11.1 Å². The maximum atomic E-state index is 10.7. The molecule has 0 aromatic carbocycles. The number of sulfonamides is 1. The number of hydrogen-bond donors (Lipinski definition) is 2. The lowest BCUT2D eigenvalue weighted by molar-refractivity contribution is 0.249. The molecule has 0 heterocycles. The van der Waals surface area contributed by atoms with Gasteiger partial charge in [0, 0.05) is 16.0 Å². The lowest BCUT2D eigenvalue weighted by atomic mass is 10.5. The molecule has 0 atom stereocenters. The molecule has 0 saturated carbocycles. The summed E-state index contributed by atoms with van der Waals surface area (Å²) in [7, 11) is -3.71. The van der Waals surface area contributed by atoms with Crippen LogP contribution in [-0.4, -0.2) is 26.7 Å².